The largest absolute Gasteiger partial charge is 0.507 e. The highest BCUT2D eigenvalue weighted by atomic mass is 16.7. The van der Waals surface area contributed by atoms with Crippen molar-refractivity contribution in [2.75, 3.05) is 21.2 Å². The SMILES string of the molecule is COC(=O)[C@@H]1c2cc3c(c(O)c2[C@@H](O)C[C@]1(C)O)C(=O)c1c(O)cc2c(c1C3=O)O[C@H]1O[C@@]2(C)[C@H](O)[C@@H](N(C)C)C1O. The number of hydrogen-bond acceptors (Lipinski definition) is 13. The first-order valence-electron chi connectivity index (χ1n) is 13.3. The molecule has 1 saturated heterocycles. The minimum absolute atomic E-state index is 0.0545. The molecule has 1 fully saturated rings. The second kappa shape index (κ2) is 8.96. The first-order chi connectivity index (χ1) is 19.6. The molecule has 2 aromatic carbocycles. The normalized spacial score (nSPS) is 34.6. The number of phenolic OH excluding ortho intramolecular Hbond substituents is 2. The lowest BCUT2D eigenvalue weighted by Gasteiger charge is -2.53. The monoisotopic (exact) mass is 585 g/mol. The van der Waals surface area contributed by atoms with Crippen LogP contribution in [0.25, 0.3) is 0 Å². The van der Waals surface area contributed by atoms with E-state index in [1.807, 2.05) is 0 Å². The van der Waals surface area contributed by atoms with E-state index < -0.39 is 87.9 Å². The third-order valence-corrected chi connectivity index (χ3v) is 9.11. The standard InChI is InChI=1S/C29H31NO12/c1-28(39)8-13(32)14-9(18(28)26(38)40-5)6-10-15(21(14)34)22(35)16-12(31)7-11-24(17(16)20(10)33)41-27-23(36)19(30(3)4)25(37)29(11,2)42-27/h6-7,13,18-19,23,25,27,31-32,34,36-37,39H,8H2,1-5H3/t13-,18-,19-,23?,25+,27-,28-,29+/m0/s1. The number of aromatic hydroxyl groups is 2. The molecule has 1 unspecified atom stereocenters. The van der Waals surface area contributed by atoms with Gasteiger partial charge in [0.15, 0.2) is 5.78 Å². The Labute approximate surface area is 239 Å². The molecule has 2 heterocycles. The highest BCUT2D eigenvalue weighted by Gasteiger charge is 2.59. The molecule has 2 bridgehead atoms. The van der Waals surface area contributed by atoms with Gasteiger partial charge in [-0.2, -0.15) is 0 Å². The molecule has 42 heavy (non-hydrogen) atoms. The van der Waals surface area contributed by atoms with Crippen molar-refractivity contribution in [2.45, 2.75) is 68.0 Å². The molecule has 0 spiro atoms. The van der Waals surface area contributed by atoms with Crippen LogP contribution in [0.5, 0.6) is 17.2 Å². The summed E-state index contributed by atoms with van der Waals surface area (Å²) in [6.45, 7) is 2.81. The van der Waals surface area contributed by atoms with E-state index in [9.17, 15) is 45.0 Å². The van der Waals surface area contributed by atoms with Crippen molar-refractivity contribution in [3.05, 3.63) is 51.1 Å². The van der Waals surface area contributed by atoms with Crippen LogP contribution in [0.15, 0.2) is 12.1 Å². The zero-order valence-electron chi connectivity index (χ0n) is 23.4. The van der Waals surface area contributed by atoms with Crippen LogP contribution >= 0.6 is 0 Å². The van der Waals surface area contributed by atoms with E-state index in [4.69, 9.17) is 14.2 Å². The summed E-state index contributed by atoms with van der Waals surface area (Å²) in [5.41, 5.74) is -5.43. The summed E-state index contributed by atoms with van der Waals surface area (Å²) in [5.74, 6) is -5.77. The smallest absolute Gasteiger partial charge is 0.316 e. The van der Waals surface area contributed by atoms with Crippen LogP contribution in [-0.4, -0.2) is 104 Å². The number of esters is 1. The molecule has 0 saturated carbocycles. The Morgan fingerprint density at radius 3 is 2.33 bits per heavy atom. The minimum atomic E-state index is -1.83. The average molecular weight is 586 g/mol. The van der Waals surface area contributed by atoms with E-state index in [-0.39, 0.29) is 40.0 Å². The summed E-state index contributed by atoms with van der Waals surface area (Å²) in [4.78, 5) is 42.4. The number of ketones is 2. The van der Waals surface area contributed by atoms with Crippen LogP contribution in [0.4, 0.5) is 0 Å². The fourth-order valence-electron chi connectivity index (χ4n) is 7.07. The first kappa shape index (κ1) is 28.5. The van der Waals surface area contributed by atoms with Crippen LogP contribution in [0, 0.1) is 0 Å². The number of ether oxygens (including phenoxy) is 3. The van der Waals surface area contributed by atoms with Gasteiger partial charge < -0.3 is 49.7 Å². The van der Waals surface area contributed by atoms with Crippen LogP contribution in [0.3, 0.4) is 0 Å². The lowest BCUT2D eigenvalue weighted by atomic mass is 9.68. The van der Waals surface area contributed by atoms with Gasteiger partial charge in [0.1, 0.15) is 41.0 Å². The lowest BCUT2D eigenvalue weighted by Crippen LogP contribution is -2.68. The van der Waals surface area contributed by atoms with Crippen molar-refractivity contribution >= 4 is 17.5 Å². The number of fused-ring (bicyclic) bond motifs is 8. The zero-order valence-corrected chi connectivity index (χ0v) is 23.4. The fourth-order valence-corrected chi connectivity index (χ4v) is 7.07. The van der Waals surface area contributed by atoms with E-state index in [1.54, 1.807) is 19.0 Å². The third kappa shape index (κ3) is 3.49. The van der Waals surface area contributed by atoms with Gasteiger partial charge >= 0.3 is 5.97 Å². The molecule has 2 aromatic rings. The van der Waals surface area contributed by atoms with E-state index in [0.717, 1.165) is 19.2 Å². The first-order valence-corrected chi connectivity index (χ1v) is 13.3. The molecule has 2 aliphatic carbocycles. The van der Waals surface area contributed by atoms with Gasteiger partial charge in [-0.3, -0.25) is 14.4 Å². The van der Waals surface area contributed by atoms with Crippen molar-refractivity contribution in [1.82, 2.24) is 4.90 Å². The van der Waals surface area contributed by atoms with Gasteiger partial charge in [0.05, 0.1) is 41.5 Å². The van der Waals surface area contributed by atoms with Crippen LogP contribution < -0.4 is 4.74 Å². The second-order valence-corrected chi connectivity index (χ2v) is 12.0. The molecule has 4 aliphatic rings. The molecule has 13 heteroatoms. The molecule has 8 atom stereocenters. The van der Waals surface area contributed by atoms with Gasteiger partial charge in [-0.25, -0.2) is 0 Å². The highest BCUT2D eigenvalue weighted by Crippen LogP contribution is 2.55. The second-order valence-electron chi connectivity index (χ2n) is 12.0. The maximum absolute atomic E-state index is 14.2. The van der Waals surface area contributed by atoms with E-state index in [0.29, 0.717) is 0 Å². The van der Waals surface area contributed by atoms with Crippen molar-refractivity contribution in [3.63, 3.8) is 0 Å². The van der Waals surface area contributed by atoms with Crippen LogP contribution in [0.1, 0.15) is 80.8 Å². The Morgan fingerprint density at radius 2 is 1.71 bits per heavy atom. The van der Waals surface area contributed by atoms with E-state index >= 15 is 0 Å². The molecule has 0 amide bonds. The molecule has 0 radical (unpaired) electrons. The minimum Gasteiger partial charge on any atom is -0.507 e. The van der Waals surface area contributed by atoms with Gasteiger partial charge in [0, 0.05) is 23.1 Å². The number of methoxy groups -OCH3 is 1. The number of carbonyl (C=O) groups excluding carboxylic acids is 3. The number of rotatable bonds is 2. The number of phenols is 2. The average Bonchev–Trinajstić information content (AvgIpc) is 2.89. The Kier molecular flexibility index (Phi) is 6.08. The molecule has 0 aromatic heterocycles. The molecule has 13 nitrogen and oxygen atoms in total. The van der Waals surface area contributed by atoms with Gasteiger partial charge in [0.25, 0.3) is 0 Å². The number of likely N-dealkylation sites (N-methyl/N-ethyl adjacent to an activating group) is 1. The third-order valence-electron chi connectivity index (χ3n) is 9.11. The number of nitrogens with zero attached hydrogens (tertiary/aromatic N) is 1. The molecular weight excluding hydrogens is 554 g/mol. The molecule has 6 rings (SSSR count). The van der Waals surface area contributed by atoms with Gasteiger partial charge in [0.2, 0.25) is 12.1 Å². The summed E-state index contributed by atoms with van der Waals surface area (Å²) < 4.78 is 16.7. The summed E-state index contributed by atoms with van der Waals surface area (Å²) in [7, 11) is 4.39. The predicted octanol–water partition coefficient (Wildman–Crippen LogP) is -0.0662. The Balaban J connectivity index is 1.60. The van der Waals surface area contributed by atoms with Crippen LogP contribution in [-0.2, 0) is 19.9 Å². The van der Waals surface area contributed by atoms with Crippen LogP contribution in [0.2, 0.25) is 0 Å². The topological polar surface area (TPSA) is 204 Å². The summed E-state index contributed by atoms with van der Waals surface area (Å²) in [6.07, 6.45) is -5.98. The van der Waals surface area contributed by atoms with Crippen molar-refractivity contribution in [3.8, 4) is 17.2 Å². The summed E-state index contributed by atoms with van der Waals surface area (Å²) in [5, 5.41) is 66.5. The maximum atomic E-state index is 14.2. The number of benzene rings is 2. The quantitative estimate of drug-likeness (QED) is 0.218. The molecule has 224 valence electrons. The Morgan fingerprint density at radius 1 is 1.05 bits per heavy atom. The highest BCUT2D eigenvalue weighted by molar-refractivity contribution is 6.31. The van der Waals surface area contributed by atoms with E-state index in [2.05, 4.69) is 0 Å². The van der Waals surface area contributed by atoms with Gasteiger partial charge in [-0.15, -0.1) is 0 Å². The van der Waals surface area contributed by atoms with Crippen molar-refractivity contribution in [1.29, 1.82) is 0 Å². The summed E-state index contributed by atoms with van der Waals surface area (Å²) >= 11 is 0. The number of aliphatic hydroxyl groups excluding tert-OH is 3. The number of hydrogen-bond donors (Lipinski definition) is 6. The van der Waals surface area contributed by atoms with Crippen molar-refractivity contribution in [2.24, 2.45) is 0 Å². The molecular formula is C29H31NO12. The van der Waals surface area contributed by atoms with E-state index in [1.165, 1.54) is 13.8 Å². The van der Waals surface area contributed by atoms with Gasteiger partial charge in [-0.1, -0.05) is 0 Å². The Bertz CT molecular complexity index is 1580. The Hall–Kier alpha value is -3.59. The number of carbonyl (C=O) groups is 3. The number of aliphatic hydroxyl groups is 4. The van der Waals surface area contributed by atoms with Gasteiger partial charge in [-0.05, 0) is 45.6 Å². The molecule has 2 aliphatic heterocycles. The predicted molar refractivity (Wildman–Crippen MR) is 140 cm³/mol. The lowest BCUT2D eigenvalue weighted by molar-refractivity contribution is -0.311. The summed E-state index contributed by atoms with van der Waals surface area (Å²) in [6, 6.07) is 1.44. The maximum Gasteiger partial charge on any atom is 0.316 e. The molecule has 6 N–H and O–H groups in total. The fraction of sp³-hybridized carbons (Fsp3) is 0.483. The zero-order chi connectivity index (χ0) is 30.8. The van der Waals surface area contributed by atoms with Crippen molar-refractivity contribution < 1.29 is 59.2 Å².